The third kappa shape index (κ3) is 3.80. The minimum Gasteiger partial charge on any atom is -0.465 e. The molecule has 0 bridgehead atoms. The van der Waals surface area contributed by atoms with Gasteiger partial charge in [-0.1, -0.05) is 22.0 Å². The van der Waals surface area contributed by atoms with Crippen LogP contribution in [0.4, 0.5) is 0 Å². The van der Waals surface area contributed by atoms with Crippen molar-refractivity contribution in [3.63, 3.8) is 0 Å². The van der Waals surface area contributed by atoms with Crippen LogP contribution in [0.3, 0.4) is 0 Å². The Morgan fingerprint density at radius 2 is 2.00 bits per heavy atom. The molecule has 0 amide bonds. The summed E-state index contributed by atoms with van der Waals surface area (Å²) in [5.41, 5.74) is 1.52. The second kappa shape index (κ2) is 6.24. The van der Waals surface area contributed by atoms with E-state index in [1.165, 1.54) is 7.11 Å². The molecular weight excluding hydrogens is 346 g/mol. The van der Waals surface area contributed by atoms with Crippen molar-refractivity contribution in [1.29, 1.82) is 0 Å². The fourth-order valence-corrected chi connectivity index (χ4v) is 3.85. The van der Waals surface area contributed by atoms with Crippen molar-refractivity contribution in [1.82, 2.24) is 4.90 Å². The van der Waals surface area contributed by atoms with E-state index in [1.807, 2.05) is 6.07 Å². The zero-order valence-electron chi connectivity index (χ0n) is 11.1. The lowest BCUT2D eigenvalue weighted by molar-refractivity contribution is 0.0600. The van der Waals surface area contributed by atoms with Crippen LogP contribution in [0.15, 0.2) is 22.7 Å². The quantitative estimate of drug-likeness (QED) is 0.762. The highest BCUT2D eigenvalue weighted by Crippen LogP contribution is 2.21. The van der Waals surface area contributed by atoms with E-state index in [-0.39, 0.29) is 17.5 Å². The van der Waals surface area contributed by atoms with Gasteiger partial charge in [0, 0.05) is 24.1 Å². The molecule has 0 radical (unpaired) electrons. The molecule has 0 aliphatic carbocycles. The minimum absolute atomic E-state index is 0.213. The van der Waals surface area contributed by atoms with Crippen LogP contribution in [0.1, 0.15) is 15.9 Å². The third-order valence-electron chi connectivity index (χ3n) is 3.31. The zero-order valence-corrected chi connectivity index (χ0v) is 13.5. The van der Waals surface area contributed by atoms with E-state index >= 15 is 0 Å². The van der Waals surface area contributed by atoms with Crippen molar-refractivity contribution in [2.75, 3.05) is 31.7 Å². The Bertz CT molecular complexity index is 601. The van der Waals surface area contributed by atoms with Crippen molar-refractivity contribution < 1.29 is 17.9 Å². The first-order valence-corrected chi connectivity index (χ1v) is 8.82. The number of hydrogen-bond donors (Lipinski definition) is 0. The van der Waals surface area contributed by atoms with Gasteiger partial charge in [0.15, 0.2) is 9.84 Å². The van der Waals surface area contributed by atoms with Crippen LogP contribution in [0, 0.1) is 0 Å². The van der Waals surface area contributed by atoms with Crippen LogP contribution in [0.2, 0.25) is 0 Å². The van der Waals surface area contributed by atoms with Gasteiger partial charge in [0.25, 0.3) is 0 Å². The van der Waals surface area contributed by atoms with Gasteiger partial charge in [-0.25, -0.2) is 13.2 Å². The number of rotatable bonds is 3. The highest BCUT2D eigenvalue weighted by atomic mass is 79.9. The average molecular weight is 362 g/mol. The Morgan fingerprint density at radius 1 is 1.35 bits per heavy atom. The second-order valence-corrected chi connectivity index (χ2v) is 7.88. The summed E-state index contributed by atoms with van der Waals surface area (Å²) in [6.07, 6.45) is 0. The molecule has 1 aliphatic rings. The lowest BCUT2D eigenvalue weighted by atomic mass is 10.1. The summed E-state index contributed by atoms with van der Waals surface area (Å²) in [6, 6.07) is 5.30. The van der Waals surface area contributed by atoms with Crippen LogP contribution < -0.4 is 0 Å². The number of hydrogen-bond acceptors (Lipinski definition) is 5. The number of benzene rings is 1. The molecule has 1 heterocycles. The monoisotopic (exact) mass is 361 g/mol. The number of ether oxygens (including phenoxy) is 1. The summed E-state index contributed by atoms with van der Waals surface area (Å²) in [7, 11) is -1.51. The van der Waals surface area contributed by atoms with Gasteiger partial charge < -0.3 is 4.74 Å². The first-order chi connectivity index (χ1) is 9.41. The van der Waals surface area contributed by atoms with Crippen LogP contribution in [-0.2, 0) is 21.1 Å². The first kappa shape index (κ1) is 15.5. The van der Waals surface area contributed by atoms with Crippen molar-refractivity contribution in [3.8, 4) is 0 Å². The summed E-state index contributed by atoms with van der Waals surface area (Å²) >= 11 is 3.44. The van der Waals surface area contributed by atoms with Gasteiger partial charge in [-0.3, -0.25) is 4.90 Å². The Labute approximate surface area is 127 Å². The normalized spacial score (nSPS) is 18.7. The molecule has 20 heavy (non-hydrogen) atoms. The summed E-state index contributed by atoms with van der Waals surface area (Å²) in [5, 5.41) is 0. The molecule has 5 nitrogen and oxygen atoms in total. The van der Waals surface area contributed by atoms with Crippen LogP contribution in [0.5, 0.6) is 0 Å². The first-order valence-electron chi connectivity index (χ1n) is 6.21. The molecule has 1 aromatic rings. The number of carbonyl (C=O) groups is 1. The lowest BCUT2D eigenvalue weighted by Gasteiger charge is -2.26. The molecule has 1 aromatic carbocycles. The number of methoxy groups -OCH3 is 1. The maximum absolute atomic E-state index is 11.4. The van der Waals surface area contributed by atoms with Crippen molar-refractivity contribution in [3.05, 3.63) is 33.8 Å². The summed E-state index contributed by atoms with van der Waals surface area (Å²) in [4.78, 5) is 13.5. The third-order valence-corrected chi connectivity index (χ3v) is 5.65. The van der Waals surface area contributed by atoms with E-state index in [2.05, 4.69) is 25.6 Å². The Balaban J connectivity index is 2.05. The maximum Gasteiger partial charge on any atom is 0.337 e. The predicted molar refractivity (Wildman–Crippen MR) is 79.4 cm³/mol. The van der Waals surface area contributed by atoms with E-state index in [0.29, 0.717) is 25.2 Å². The lowest BCUT2D eigenvalue weighted by Crippen LogP contribution is -2.39. The van der Waals surface area contributed by atoms with E-state index < -0.39 is 9.84 Å². The van der Waals surface area contributed by atoms with Gasteiger partial charge in [-0.05, 0) is 17.7 Å². The zero-order chi connectivity index (χ0) is 14.8. The average Bonchev–Trinajstić information content (AvgIpc) is 2.42. The van der Waals surface area contributed by atoms with Gasteiger partial charge in [-0.15, -0.1) is 0 Å². The molecule has 0 spiro atoms. The van der Waals surface area contributed by atoms with Crippen molar-refractivity contribution in [2.24, 2.45) is 0 Å². The Hall–Kier alpha value is -0.920. The molecule has 0 atom stereocenters. The van der Waals surface area contributed by atoms with Gasteiger partial charge in [0.2, 0.25) is 0 Å². The number of carbonyl (C=O) groups excluding carboxylic acids is 1. The predicted octanol–water partition coefficient (Wildman–Crippen LogP) is 1.47. The van der Waals surface area contributed by atoms with Crippen molar-refractivity contribution in [2.45, 2.75) is 6.54 Å². The van der Waals surface area contributed by atoms with E-state index in [4.69, 9.17) is 0 Å². The molecule has 0 N–H and O–H groups in total. The highest BCUT2D eigenvalue weighted by Gasteiger charge is 2.22. The van der Waals surface area contributed by atoms with E-state index in [9.17, 15) is 13.2 Å². The van der Waals surface area contributed by atoms with Crippen molar-refractivity contribution >= 4 is 31.7 Å². The summed E-state index contributed by atoms with van der Waals surface area (Å²) in [6.45, 7) is 1.76. The summed E-state index contributed by atoms with van der Waals surface area (Å²) in [5.74, 6) is 0.0525. The van der Waals surface area contributed by atoms with Gasteiger partial charge >= 0.3 is 5.97 Å². The molecule has 0 saturated carbocycles. The molecule has 0 unspecified atom stereocenters. The number of sulfone groups is 1. The van der Waals surface area contributed by atoms with E-state index in [1.54, 1.807) is 12.1 Å². The van der Waals surface area contributed by atoms with Gasteiger partial charge in [0.05, 0.1) is 24.2 Å². The van der Waals surface area contributed by atoms with E-state index in [0.717, 1.165) is 10.0 Å². The van der Waals surface area contributed by atoms with Gasteiger partial charge in [0.1, 0.15) is 0 Å². The molecule has 1 aliphatic heterocycles. The number of nitrogens with zero attached hydrogens (tertiary/aromatic N) is 1. The molecule has 7 heteroatoms. The molecule has 1 fully saturated rings. The van der Waals surface area contributed by atoms with Crippen LogP contribution >= 0.6 is 15.9 Å². The second-order valence-electron chi connectivity index (χ2n) is 4.73. The molecule has 0 aromatic heterocycles. The SMILES string of the molecule is COC(=O)c1ccc(CN2CCS(=O)(=O)CC2)c(Br)c1. The van der Waals surface area contributed by atoms with Crippen LogP contribution in [-0.4, -0.2) is 51.0 Å². The molecule has 110 valence electrons. The Kier molecular flexibility index (Phi) is 4.82. The maximum atomic E-state index is 11.4. The number of halogens is 1. The molecule has 2 rings (SSSR count). The molecular formula is C13H16BrNO4S. The Morgan fingerprint density at radius 3 is 2.55 bits per heavy atom. The fraction of sp³-hybridized carbons (Fsp3) is 0.462. The standard InChI is InChI=1S/C13H16BrNO4S/c1-19-13(16)10-2-3-11(12(14)8-10)9-15-4-6-20(17,18)7-5-15/h2-3,8H,4-7,9H2,1H3. The fourth-order valence-electron chi connectivity index (χ4n) is 2.07. The highest BCUT2D eigenvalue weighted by molar-refractivity contribution is 9.10. The summed E-state index contributed by atoms with van der Waals surface area (Å²) < 4.78 is 28.3. The van der Waals surface area contributed by atoms with Gasteiger partial charge in [-0.2, -0.15) is 0 Å². The molecule has 1 saturated heterocycles. The topological polar surface area (TPSA) is 63.7 Å². The number of esters is 1. The smallest absolute Gasteiger partial charge is 0.337 e. The van der Waals surface area contributed by atoms with Crippen LogP contribution in [0.25, 0.3) is 0 Å². The minimum atomic E-state index is -2.85. The largest absolute Gasteiger partial charge is 0.465 e.